The van der Waals surface area contributed by atoms with E-state index in [9.17, 15) is 4.79 Å². The van der Waals surface area contributed by atoms with Crippen molar-refractivity contribution < 1.29 is 19.4 Å². The lowest BCUT2D eigenvalue weighted by atomic mass is 10.3. The zero-order valence-corrected chi connectivity index (χ0v) is 8.55. The van der Waals surface area contributed by atoms with Gasteiger partial charge < -0.3 is 20.4 Å². The van der Waals surface area contributed by atoms with E-state index >= 15 is 0 Å². The third kappa shape index (κ3) is 14.8. The van der Waals surface area contributed by atoms with Crippen LogP contribution >= 0.6 is 0 Å². The third-order valence-electron chi connectivity index (χ3n) is 1.04. The van der Waals surface area contributed by atoms with Crippen molar-refractivity contribution in [3.8, 4) is 5.75 Å². The first-order valence-electron chi connectivity index (χ1n) is 4.12. The number of aromatic hydroxyl groups is 1. The molecule has 0 saturated heterocycles. The Morgan fingerprint density at radius 2 is 1.87 bits per heavy atom. The van der Waals surface area contributed by atoms with Crippen LogP contribution in [-0.4, -0.2) is 24.6 Å². The molecule has 1 rings (SSSR count). The molecular weight excluding hydrogens is 198 g/mol. The number of primary amides is 1. The summed E-state index contributed by atoms with van der Waals surface area (Å²) in [5, 5.41) is 8.63. The van der Waals surface area contributed by atoms with Gasteiger partial charge in [-0.25, -0.2) is 4.79 Å². The molecule has 0 heterocycles. The van der Waals surface area contributed by atoms with Gasteiger partial charge in [0.05, 0.1) is 6.61 Å². The molecule has 3 N–H and O–H groups in total. The molecule has 0 aromatic heterocycles. The van der Waals surface area contributed by atoms with Crippen LogP contribution in [0.25, 0.3) is 0 Å². The van der Waals surface area contributed by atoms with Crippen molar-refractivity contribution in [2.75, 3.05) is 6.61 Å². The predicted molar refractivity (Wildman–Crippen MR) is 56.4 cm³/mol. The molecule has 0 atom stereocenters. The van der Waals surface area contributed by atoms with Crippen molar-refractivity contribution in [3.05, 3.63) is 30.3 Å². The lowest BCUT2D eigenvalue weighted by molar-refractivity contribution is -0.0979. The van der Waals surface area contributed by atoms with E-state index in [1.165, 1.54) is 0 Å². The van der Waals surface area contributed by atoms with E-state index in [4.69, 9.17) is 9.90 Å². The summed E-state index contributed by atoms with van der Waals surface area (Å²) in [6, 6.07) is 8.71. The molecule has 0 unspecified atom stereocenters. The van der Waals surface area contributed by atoms with Crippen LogP contribution in [0, 0.1) is 0 Å². The number of nitrogens with two attached hydrogens (primary N) is 1. The smallest absolute Gasteiger partial charge is 0.404 e. The maximum absolute atomic E-state index is 9.60. The molecule has 0 spiro atoms. The molecule has 0 fully saturated rings. The summed E-state index contributed by atoms with van der Waals surface area (Å²) >= 11 is 0. The quantitative estimate of drug-likeness (QED) is 0.735. The molecule has 1 aromatic rings. The van der Waals surface area contributed by atoms with E-state index in [1.54, 1.807) is 31.2 Å². The minimum absolute atomic E-state index is 0.322. The van der Waals surface area contributed by atoms with Gasteiger partial charge in [-0.1, -0.05) is 18.2 Å². The van der Waals surface area contributed by atoms with E-state index in [2.05, 4.69) is 10.5 Å². The molecule has 1 aromatic carbocycles. The fourth-order valence-corrected chi connectivity index (χ4v) is 0.570. The Morgan fingerprint density at radius 3 is 2.00 bits per heavy atom. The van der Waals surface area contributed by atoms with Crippen molar-refractivity contribution in [2.45, 2.75) is 6.92 Å². The van der Waals surface area contributed by atoms with Crippen molar-refractivity contribution >= 4 is 12.9 Å². The number of benzene rings is 1. The third-order valence-corrected chi connectivity index (χ3v) is 1.04. The Morgan fingerprint density at radius 1 is 1.40 bits per heavy atom. The maximum atomic E-state index is 9.60. The summed E-state index contributed by atoms with van der Waals surface area (Å²) in [5.41, 5.74) is 4.54. The van der Waals surface area contributed by atoms with Crippen molar-refractivity contribution in [2.24, 2.45) is 5.73 Å². The molecule has 0 bridgehead atoms. The van der Waals surface area contributed by atoms with Gasteiger partial charge in [0.15, 0.2) is 0 Å². The Hall–Kier alpha value is -2.04. The normalized spacial score (nSPS) is 7.27. The average molecular weight is 213 g/mol. The molecule has 0 aliphatic heterocycles. The van der Waals surface area contributed by atoms with E-state index < -0.39 is 6.09 Å². The number of carbonyl (C=O) groups is 2. The highest BCUT2D eigenvalue weighted by molar-refractivity contribution is 5.64. The number of phenols is 1. The highest BCUT2D eigenvalue weighted by Gasteiger charge is 1.82. The molecule has 0 aliphatic carbocycles. The van der Waals surface area contributed by atoms with Gasteiger partial charge in [0.2, 0.25) is 0 Å². The summed E-state index contributed by atoms with van der Waals surface area (Å²) < 4.78 is 4.18. The van der Waals surface area contributed by atoms with Crippen molar-refractivity contribution in [1.82, 2.24) is 0 Å². The fourth-order valence-electron chi connectivity index (χ4n) is 0.570. The van der Waals surface area contributed by atoms with Gasteiger partial charge in [-0.3, -0.25) is 0 Å². The van der Waals surface area contributed by atoms with Gasteiger partial charge in [-0.05, 0) is 19.1 Å². The Kier molecular flexibility index (Phi) is 12.3. The highest BCUT2D eigenvalue weighted by atomic mass is 16.5. The standard InChI is InChI=1S/C6H6O.C3H7NO2.CH2O/c7-6-4-2-1-3-5-6;1-2-6-3(4)5;1-2/h1-5,7H;2H2,1H3,(H2,4,5);1H2. The van der Waals surface area contributed by atoms with E-state index in [0.717, 1.165) is 0 Å². The largest absolute Gasteiger partial charge is 0.508 e. The minimum Gasteiger partial charge on any atom is -0.508 e. The van der Waals surface area contributed by atoms with Gasteiger partial charge in [-0.15, -0.1) is 0 Å². The Labute approximate surface area is 88.5 Å². The first-order chi connectivity index (χ1) is 7.16. The molecular formula is C10H15NO4. The van der Waals surface area contributed by atoms with E-state index in [1.807, 2.05) is 12.9 Å². The monoisotopic (exact) mass is 213 g/mol. The van der Waals surface area contributed by atoms with Gasteiger partial charge in [0.25, 0.3) is 0 Å². The molecule has 0 radical (unpaired) electrons. The van der Waals surface area contributed by atoms with E-state index in [-0.39, 0.29) is 0 Å². The number of hydrogen-bond donors (Lipinski definition) is 2. The zero-order chi connectivity index (χ0) is 12.1. The van der Waals surface area contributed by atoms with Gasteiger partial charge in [0, 0.05) is 0 Å². The number of phenolic OH excluding ortho intramolecular Hbond substituents is 1. The van der Waals surface area contributed by atoms with Crippen molar-refractivity contribution in [1.29, 1.82) is 0 Å². The van der Waals surface area contributed by atoms with E-state index in [0.29, 0.717) is 12.4 Å². The van der Waals surface area contributed by atoms with Gasteiger partial charge in [-0.2, -0.15) is 0 Å². The van der Waals surface area contributed by atoms with Crippen LogP contribution in [0.5, 0.6) is 5.75 Å². The second-order valence-corrected chi connectivity index (χ2v) is 2.09. The van der Waals surface area contributed by atoms with Gasteiger partial charge >= 0.3 is 6.09 Å². The summed E-state index contributed by atoms with van der Waals surface area (Å²) in [5.74, 6) is 0.322. The minimum atomic E-state index is -0.711. The van der Waals surface area contributed by atoms with Crippen molar-refractivity contribution in [3.63, 3.8) is 0 Å². The second kappa shape index (κ2) is 12.0. The summed E-state index contributed by atoms with van der Waals surface area (Å²) in [6.45, 7) is 4.06. The van der Waals surface area contributed by atoms with Crippen LogP contribution in [0.1, 0.15) is 6.92 Å². The first-order valence-corrected chi connectivity index (χ1v) is 4.12. The number of rotatable bonds is 1. The number of amides is 1. The Bertz CT molecular complexity index is 251. The molecule has 15 heavy (non-hydrogen) atoms. The lowest BCUT2D eigenvalue weighted by Crippen LogP contribution is -2.11. The summed E-state index contributed by atoms with van der Waals surface area (Å²) in [7, 11) is 0. The lowest BCUT2D eigenvalue weighted by Gasteiger charge is -1.89. The van der Waals surface area contributed by atoms with Crippen LogP contribution in [0.4, 0.5) is 4.79 Å². The predicted octanol–water partition coefficient (Wildman–Crippen LogP) is 1.31. The molecule has 1 amide bonds. The van der Waals surface area contributed by atoms with Crippen LogP contribution in [0.15, 0.2) is 30.3 Å². The van der Waals surface area contributed by atoms with Crippen LogP contribution < -0.4 is 5.73 Å². The topological polar surface area (TPSA) is 89.6 Å². The maximum Gasteiger partial charge on any atom is 0.404 e. The Balaban J connectivity index is 0. The highest BCUT2D eigenvalue weighted by Crippen LogP contribution is 2.02. The molecule has 5 heteroatoms. The fraction of sp³-hybridized carbons (Fsp3) is 0.200. The summed E-state index contributed by atoms with van der Waals surface area (Å²) in [4.78, 5) is 17.6. The molecule has 5 nitrogen and oxygen atoms in total. The number of ether oxygens (including phenoxy) is 1. The average Bonchev–Trinajstić information content (AvgIpc) is 2.22. The second-order valence-electron chi connectivity index (χ2n) is 2.09. The van der Waals surface area contributed by atoms with Gasteiger partial charge in [0.1, 0.15) is 12.5 Å². The number of hydrogen-bond acceptors (Lipinski definition) is 4. The molecule has 0 aliphatic rings. The summed E-state index contributed by atoms with van der Waals surface area (Å²) in [6.07, 6.45) is -0.711. The number of carbonyl (C=O) groups excluding carboxylic acids is 2. The molecule has 0 saturated carbocycles. The molecule has 84 valence electrons. The first kappa shape index (κ1) is 15.4. The zero-order valence-electron chi connectivity index (χ0n) is 8.55. The number of para-hydroxylation sites is 1. The van der Waals surface area contributed by atoms with Crippen LogP contribution in [-0.2, 0) is 9.53 Å². The van der Waals surface area contributed by atoms with Crippen LogP contribution in [0.2, 0.25) is 0 Å². The SMILES string of the molecule is C=O.CCOC(N)=O.Oc1ccccc1. The van der Waals surface area contributed by atoms with Crippen LogP contribution in [0.3, 0.4) is 0 Å².